The van der Waals surface area contributed by atoms with Crippen LogP contribution in [0.3, 0.4) is 0 Å². The SMILES string of the molecule is O=C(Cc1ccccc1)NC(SCCOC(=O)Oc1ccc2ccc(=O)oc2c1)c1ccc(C(=O)O)cc1. The van der Waals surface area contributed by atoms with Crippen molar-refractivity contribution in [3.8, 4) is 5.75 Å². The van der Waals surface area contributed by atoms with Gasteiger partial charge < -0.3 is 24.3 Å². The largest absolute Gasteiger partial charge is 0.513 e. The summed E-state index contributed by atoms with van der Waals surface area (Å²) in [6.45, 7) is -0.00949. The van der Waals surface area contributed by atoms with E-state index in [4.69, 9.17) is 19.0 Å². The number of carboxylic acid groups (broad SMARTS) is 1. The van der Waals surface area contributed by atoms with Crippen LogP contribution in [0.25, 0.3) is 11.0 Å². The van der Waals surface area contributed by atoms with Crippen molar-refractivity contribution in [2.45, 2.75) is 11.8 Å². The number of nitrogens with one attached hydrogen (secondary N) is 1. The number of hydrogen-bond donors (Lipinski definition) is 2. The Kier molecular flexibility index (Phi) is 8.78. The molecule has 1 unspecified atom stereocenters. The van der Waals surface area contributed by atoms with Crippen LogP contribution in [-0.2, 0) is 16.0 Å². The van der Waals surface area contributed by atoms with Crippen molar-refractivity contribution in [1.82, 2.24) is 5.32 Å². The van der Waals surface area contributed by atoms with Gasteiger partial charge in [0.25, 0.3) is 0 Å². The highest BCUT2D eigenvalue weighted by Crippen LogP contribution is 2.27. The van der Waals surface area contributed by atoms with Gasteiger partial charge in [0.15, 0.2) is 0 Å². The van der Waals surface area contributed by atoms with Crippen LogP contribution in [0, 0.1) is 0 Å². The fourth-order valence-corrected chi connectivity index (χ4v) is 4.50. The minimum atomic E-state index is -1.05. The first-order valence-corrected chi connectivity index (χ1v) is 12.6. The van der Waals surface area contributed by atoms with Crippen LogP contribution >= 0.6 is 11.8 Å². The summed E-state index contributed by atoms with van der Waals surface area (Å²) in [5, 5.41) is 12.3. The molecule has 2 N–H and O–H groups in total. The van der Waals surface area contributed by atoms with Gasteiger partial charge in [-0.3, -0.25) is 4.79 Å². The van der Waals surface area contributed by atoms with E-state index in [1.54, 1.807) is 30.3 Å². The lowest BCUT2D eigenvalue weighted by molar-refractivity contribution is -0.120. The van der Waals surface area contributed by atoms with Crippen LogP contribution in [0.4, 0.5) is 4.79 Å². The minimum absolute atomic E-state index is 0.00949. The van der Waals surface area contributed by atoms with Gasteiger partial charge in [-0.05, 0) is 41.5 Å². The van der Waals surface area contributed by atoms with Crippen LogP contribution in [-0.4, -0.2) is 35.5 Å². The molecule has 0 aliphatic carbocycles. The highest BCUT2D eigenvalue weighted by atomic mass is 32.2. The third kappa shape index (κ3) is 7.47. The summed E-state index contributed by atoms with van der Waals surface area (Å²) in [6.07, 6.45) is -0.751. The van der Waals surface area contributed by atoms with Gasteiger partial charge in [0.2, 0.25) is 5.91 Å². The average molecular weight is 534 g/mol. The second-order valence-electron chi connectivity index (χ2n) is 8.06. The number of thioether (sulfide) groups is 1. The molecule has 0 radical (unpaired) electrons. The predicted molar refractivity (Wildman–Crippen MR) is 141 cm³/mol. The normalized spacial score (nSPS) is 11.5. The number of fused-ring (bicyclic) bond motifs is 1. The molecule has 194 valence electrons. The summed E-state index contributed by atoms with van der Waals surface area (Å²) in [5.74, 6) is -0.777. The number of benzene rings is 3. The molecule has 4 aromatic rings. The Morgan fingerprint density at radius 1 is 0.947 bits per heavy atom. The van der Waals surface area contributed by atoms with E-state index in [9.17, 15) is 19.2 Å². The fourth-order valence-electron chi connectivity index (χ4n) is 3.52. The predicted octanol–water partition coefficient (Wildman–Crippen LogP) is 4.80. The van der Waals surface area contributed by atoms with Crippen molar-refractivity contribution in [1.29, 1.82) is 0 Å². The third-order valence-electron chi connectivity index (χ3n) is 5.34. The molecule has 0 bridgehead atoms. The van der Waals surface area contributed by atoms with Gasteiger partial charge in [-0.15, -0.1) is 11.8 Å². The molecule has 10 heteroatoms. The second-order valence-corrected chi connectivity index (χ2v) is 9.28. The van der Waals surface area contributed by atoms with Gasteiger partial charge in [-0.1, -0.05) is 42.5 Å². The Balaban J connectivity index is 1.33. The molecule has 4 rings (SSSR count). The second kappa shape index (κ2) is 12.6. The Labute approximate surface area is 221 Å². The maximum atomic E-state index is 12.7. The number of carbonyl (C=O) groups is 3. The summed E-state index contributed by atoms with van der Waals surface area (Å²) < 4.78 is 15.4. The smallest absolute Gasteiger partial charge is 0.478 e. The molecule has 1 amide bonds. The van der Waals surface area contributed by atoms with Crippen LogP contribution in [0.15, 0.2) is 94.1 Å². The van der Waals surface area contributed by atoms with E-state index in [2.05, 4.69) is 5.32 Å². The van der Waals surface area contributed by atoms with Crippen molar-refractivity contribution in [3.05, 3.63) is 112 Å². The van der Waals surface area contributed by atoms with E-state index >= 15 is 0 Å². The first-order chi connectivity index (χ1) is 18.4. The van der Waals surface area contributed by atoms with Crippen molar-refractivity contribution >= 4 is 40.8 Å². The lowest BCUT2D eigenvalue weighted by atomic mass is 10.1. The summed E-state index contributed by atoms with van der Waals surface area (Å²) in [7, 11) is 0. The zero-order valence-electron chi connectivity index (χ0n) is 20.0. The molecular formula is C28H23NO8S. The van der Waals surface area contributed by atoms with E-state index < -0.39 is 23.1 Å². The highest BCUT2D eigenvalue weighted by molar-refractivity contribution is 7.99. The average Bonchev–Trinajstić information content (AvgIpc) is 2.90. The third-order valence-corrected chi connectivity index (χ3v) is 6.47. The number of hydrogen-bond acceptors (Lipinski definition) is 8. The molecule has 0 spiro atoms. The highest BCUT2D eigenvalue weighted by Gasteiger charge is 2.17. The molecule has 0 saturated carbocycles. The number of ether oxygens (including phenoxy) is 2. The summed E-state index contributed by atoms with van der Waals surface area (Å²) in [5.41, 5.74) is 1.45. The monoisotopic (exact) mass is 533 g/mol. The van der Waals surface area contributed by atoms with Crippen LogP contribution in [0.2, 0.25) is 0 Å². The standard InChI is InChI=1S/C28H23NO8S/c30-24(16-18-4-2-1-3-5-18)29-26(20-6-8-21(9-7-20)27(32)33)38-15-14-35-28(34)36-22-12-10-19-11-13-25(31)37-23(19)17-22/h1-13,17,26H,14-16H2,(H,29,30)(H,32,33). The number of carboxylic acids is 1. The van der Waals surface area contributed by atoms with Gasteiger partial charge in [-0.25, -0.2) is 14.4 Å². The maximum Gasteiger partial charge on any atom is 0.513 e. The van der Waals surface area contributed by atoms with E-state index in [0.717, 1.165) is 5.56 Å². The van der Waals surface area contributed by atoms with Gasteiger partial charge in [-0.2, -0.15) is 0 Å². The molecule has 1 atom stereocenters. The lowest BCUT2D eigenvalue weighted by Gasteiger charge is -2.19. The fraction of sp³-hybridized carbons (Fsp3) is 0.143. The molecule has 3 aromatic carbocycles. The molecule has 0 aliphatic heterocycles. The van der Waals surface area contributed by atoms with Crippen molar-refractivity contribution < 1.29 is 33.4 Å². The summed E-state index contributed by atoms with van der Waals surface area (Å²) >= 11 is 1.32. The van der Waals surface area contributed by atoms with Crippen LogP contribution < -0.4 is 15.7 Å². The topological polar surface area (TPSA) is 132 Å². The van der Waals surface area contributed by atoms with Crippen LogP contribution in [0.1, 0.15) is 26.9 Å². The molecule has 0 aliphatic rings. The number of aromatic carboxylic acids is 1. The maximum absolute atomic E-state index is 12.7. The molecular weight excluding hydrogens is 510 g/mol. The molecule has 0 fully saturated rings. The molecule has 9 nitrogen and oxygen atoms in total. The first-order valence-electron chi connectivity index (χ1n) is 11.5. The van der Waals surface area contributed by atoms with Gasteiger partial charge in [0.05, 0.1) is 12.0 Å². The molecule has 38 heavy (non-hydrogen) atoms. The molecule has 0 saturated heterocycles. The Hall–Kier alpha value is -4.57. The van der Waals surface area contributed by atoms with E-state index in [0.29, 0.717) is 16.7 Å². The zero-order valence-corrected chi connectivity index (χ0v) is 20.8. The number of amides is 1. The van der Waals surface area contributed by atoms with Gasteiger partial charge in [0, 0.05) is 23.3 Å². The van der Waals surface area contributed by atoms with Crippen molar-refractivity contribution in [2.24, 2.45) is 0 Å². The van der Waals surface area contributed by atoms with E-state index in [1.165, 1.54) is 36.0 Å². The summed E-state index contributed by atoms with van der Waals surface area (Å²) in [6, 6.07) is 23.0. The van der Waals surface area contributed by atoms with Gasteiger partial charge >= 0.3 is 17.8 Å². The lowest BCUT2D eigenvalue weighted by Crippen LogP contribution is -2.28. The van der Waals surface area contributed by atoms with E-state index in [-0.39, 0.29) is 35.8 Å². The minimum Gasteiger partial charge on any atom is -0.478 e. The number of carbonyl (C=O) groups excluding carboxylic acids is 2. The van der Waals surface area contributed by atoms with Crippen molar-refractivity contribution in [3.63, 3.8) is 0 Å². The first kappa shape index (κ1) is 26.5. The zero-order chi connectivity index (χ0) is 26.9. The van der Waals surface area contributed by atoms with E-state index in [1.807, 2.05) is 30.3 Å². The van der Waals surface area contributed by atoms with Gasteiger partial charge in [0.1, 0.15) is 23.3 Å². The number of rotatable bonds is 10. The Bertz CT molecular complexity index is 1480. The molecule has 1 heterocycles. The summed E-state index contributed by atoms with van der Waals surface area (Å²) in [4.78, 5) is 47.4. The Morgan fingerprint density at radius 2 is 1.68 bits per heavy atom. The quantitative estimate of drug-likeness (QED) is 0.0970. The van der Waals surface area contributed by atoms with Crippen LogP contribution in [0.5, 0.6) is 5.75 Å². The van der Waals surface area contributed by atoms with Crippen molar-refractivity contribution in [2.75, 3.05) is 12.4 Å². The molecule has 1 aromatic heterocycles. The Morgan fingerprint density at radius 3 is 2.42 bits per heavy atom.